The molecule has 1 amide bonds. The van der Waals surface area contributed by atoms with Crippen molar-refractivity contribution < 1.29 is 23.8 Å². The van der Waals surface area contributed by atoms with E-state index < -0.39 is 12.1 Å². The maximum Gasteiger partial charge on any atom is 0.306 e. The molecule has 1 aliphatic heterocycles. The summed E-state index contributed by atoms with van der Waals surface area (Å²) >= 11 is 1.47. The van der Waals surface area contributed by atoms with Crippen molar-refractivity contribution in [3.8, 4) is 0 Å². The van der Waals surface area contributed by atoms with Gasteiger partial charge in [-0.3, -0.25) is 9.59 Å². The molecule has 1 aliphatic rings. The van der Waals surface area contributed by atoms with Crippen LogP contribution in [-0.2, 0) is 27.2 Å². The number of benzene rings is 1. The summed E-state index contributed by atoms with van der Waals surface area (Å²) in [4.78, 5) is 29.4. The number of hydrogen-bond acceptors (Lipinski definition) is 5. The minimum Gasteiger partial charge on any atom is -0.481 e. The Bertz CT molecular complexity index is 778. The zero-order valence-corrected chi connectivity index (χ0v) is 14.9. The highest BCUT2D eigenvalue weighted by Gasteiger charge is 2.26. The van der Waals surface area contributed by atoms with E-state index in [1.807, 2.05) is 5.38 Å². The molecule has 1 atom stereocenters. The Hall–Kier alpha value is -2.32. The van der Waals surface area contributed by atoms with Crippen LogP contribution in [0.3, 0.4) is 0 Å². The molecule has 1 N–H and O–H groups in total. The van der Waals surface area contributed by atoms with E-state index in [4.69, 9.17) is 9.84 Å². The summed E-state index contributed by atoms with van der Waals surface area (Å²) in [5.74, 6) is -1.29. The lowest BCUT2D eigenvalue weighted by Gasteiger charge is -2.32. The highest BCUT2D eigenvalue weighted by atomic mass is 32.1. The molecule has 2 aromatic rings. The zero-order chi connectivity index (χ0) is 18.5. The number of rotatable bonds is 6. The van der Waals surface area contributed by atoms with Gasteiger partial charge in [0, 0.05) is 24.9 Å². The van der Waals surface area contributed by atoms with E-state index in [1.54, 1.807) is 17.0 Å². The van der Waals surface area contributed by atoms with Crippen molar-refractivity contribution in [2.75, 3.05) is 19.7 Å². The predicted octanol–water partition coefficient (Wildman–Crippen LogP) is 2.12. The SMILES string of the molecule is O=C(O)C[C@@H]1CN(C(=O)Cc2csc(Cc3ccc(F)cc3)n2)CCO1. The molecule has 0 unspecified atom stereocenters. The second-order valence-corrected chi connectivity index (χ2v) is 7.09. The standard InChI is InChI=1S/C18H19FN2O4S/c19-13-3-1-12(2-4-13)7-16-20-14(11-26-16)8-17(22)21-5-6-25-15(10-21)9-18(23)24/h1-4,11,15H,5-10H2,(H,23,24)/t15-/m1/s1. The van der Waals surface area contributed by atoms with Crippen LogP contribution in [-0.4, -0.2) is 52.7 Å². The van der Waals surface area contributed by atoms with Gasteiger partial charge in [-0.1, -0.05) is 12.1 Å². The summed E-state index contributed by atoms with van der Waals surface area (Å²) in [6, 6.07) is 6.27. The van der Waals surface area contributed by atoms with Crippen molar-refractivity contribution in [2.45, 2.75) is 25.4 Å². The van der Waals surface area contributed by atoms with Crippen LogP contribution in [0.1, 0.15) is 22.7 Å². The van der Waals surface area contributed by atoms with E-state index in [-0.39, 0.29) is 31.1 Å². The van der Waals surface area contributed by atoms with Crippen molar-refractivity contribution in [1.29, 1.82) is 0 Å². The summed E-state index contributed by atoms with van der Waals surface area (Å²) in [5.41, 5.74) is 1.65. The van der Waals surface area contributed by atoms with Crippen LogP contribution in [0.2, 0.25) is 0 Å². The molecule has 2 heterocycles. The molecule has 0 aliphatic carbocycles. The van der Waals surface area contributed by atoms with Gasteiger partial charge in [-0.05, 0) is 17.7 Å². The van der Waals surface area contributed by atoms with Crippen LogP contribution >= 0.6 is 11.3 Å². The van der Waals surface area contributed by atoms with Gasteiger partial charge >= 0.3 is 5.97 Å². The first kappa shape index (κ1) is 18.5. The van der Waals surface area contributed by atoms with Gasteiger partial charge in [-0.15, -0.1) is 11.3 Å². The minimum atomic E-state index is -0.936. The Labute approximate surface area is 154 Å². The maximum absolute atomic E-state index is 13.0. The first-order valence-electron chi connectivity index (χ1n) is 8.28. The fourth-order valence-corrected chi connectivity index (χ4v) is 3.65. The third-order valence-corrected chi connectivity index (χ3v) is 4.99. The van der Waals surface area contributed by atoms with E-state index in [2.05, 4.69) is 4.98 Å². The Morgan fingerprint density at radius 2 is 2.12 bits per heavy atom. The van der Waals surface area contributed by atoms with Crippen molar-refractivity contribution in [1.82, 2.24) is 9.88 Å². The van der Waals surface area contributed by atoms with Crippen molar-refractivity contribution in [3.63, 3.8) is 0 Å². The van der Waals surface area contributed by atoms with Crippen molar-refractivity contribution in [3.05, 3.63) is 51.7 Å². The number of aromatic nitrogens is 1. The molecule has 0 spiro atoms. The monoisotopic (exact) mass is 378 g/mol. The summed E-state index contributed by atoms with van der Waals surface area (Å²) in [7, 11) is 0. The van der Waals surface area contributed by atoms with Crippen LogP contribution in [0.5, 0.6) is 0 Å². The maximum atomic E-state index is 13.0. The molecular formula is C18H19FN2O4S. The number of thiazole rings is 1. The quantitative estimate of drug-likeness (QED) is 0.833. The van der Waals surface area contributed by atoms with Crippen LogP contribution in [0, 0.1) is 5.82 Å². The molecule has 6 nitrogen and oxygen atoms in total. The molecule has 1 saturated heterocycles. The summed E-state index contributed by atoms with van der Waals surface area (Å²) in [5, 5.41) is 11.6. The average molecular weight is 378 g/mol. The average Bonchev–Trinajstić information content (AvgIpc) is 3.03. The predicted molar refractivity (Wildman–Crippen MR) is 93.6 cm³/mol. The summed E-state index contributed by atoms with van der Waals surface area (Å²) < 4.78 is 18.3. The zero-order valence-electron chi connectivity index (χ0n) is 14.1. The fourth-order valence-electron chi connectivity index (χ4n) is 2.82. The second-order valence-electron chi connectivity index (χ2n) is 6.14. The van der Waals surface area contributed by atoms with Crippen molar-refractivity contribution in [2.24, 2.45) is 0 Å². The topological polar surface area (TPSA) is 79.7 Å². The van der Waals surface area contributed by atoms with Gasteiger partial charge in [0.1, 0.15) is 5.82 Å². The molecule has 0 saturated carbocycles. The molecule has 138 valence electrons. The number of carbonyl (C=O) groups is 2. The number of aliphatic carboxylic acids is 1. The third kappa shape index (κ3) is 5.09. The second kappa shape index (κ2) is 8.37. The lowest BCUT2D eigenvalue weighted by Crippen LogP contribution is -2.46. The van der Waals surface area contributed by atoms with Crippen LogP contribution in [0.15, 0.2) is 29.6 Å². The molecule has 26 heavy (non-hydrogen) atoms. The van der Waals surface area contributed by atoms with Gasteiger partial charge in [0.15, 0.2) is 0 Å². The Balaban J connectivity index is 1.55. The van der Waals surface area contributed by atoms with Gasteiger partial charge in [0.05, 0.1) is 36.3 Å². The fraction of sp³-hybridized carbons (Fsp3) is 0.389. The van der Waals surface area contributed by atoms with Gasteiger partial charge < -0.3 is 14.7 Å². The molecule has 3 rings (SSSR count). The van der Waals surface area contributed by atoms with E-state index in [1.165, 1.54) is 23.5 Å². The first-order chi connectivity index (χ1) is 12.5. The number of nitrogens with zero attached hydrogens (tertiary/aromatic N) is 2. The van der Waals surface area contributed by atoms with E-state index in [9.17, 15) is 14.0 Å². The van der Waals surface area contributed by atoms with Gasteiger partial charge in [-0.25, -0.2) is 9.37 Å². The molecule has 8 heteroatoms. The van der Waals surface area contributed by atoms with Gasteiger partial charge in [-0.2, -0.15) is 0 Å². The number of carboxylic acid groups (broad SMARTS) is 1. The van der Waals surface area contributed by atoms with E-state index in [0.29, 0.717) is 25.3 Å². The molecule has 0 bridgehead atoms. The molecular weight excluding hydrogens is 359 g/mol. The van der Waals surface area contributed by atoms with Gasteiger partial charge in [0.2, 0.25) is 5.91 Å². The van der Waals surface area contributed by atoms with Gasteiger partial charge in [0.25, 0.3) is 0 Å². The third-order valence-electron chi connectivity index (χ3n) is 4.09. The van der Waals surface area contributed by atoms with Crippen LogP contribution in [0.4, 0.5) is 4.39 Å². The van der Waals surface area contributed by atoms with Crippen LogP contribution < -0.4 is 0 Å². The number of halogens is 1. The highest BCUT2D eigenvalue weighted by molar-refractivity contribution is 7.09. The Kier molecular flexibility index (Phi) is 5.95. The van der Waals surface area contributed by atoms with Crippen molar-refractivity contribution >= 4 is 23.2 Å². The Morgan fingerprint density at radius 1 is 1.35 bits per heavy atom. The minimum absolute atomic E-state index is 0.0812. The molecule has 1 aromatic heterocycles. The number of hydrogen-bond donors (Lipinski definition) is 1. The lowest BCUT2D eigenvalue weighted by molar-refractivity contribution is -0.147. The molecule has 1 fully saturated rings. The number of carbonyl (C=O) groups excluding carboxylic acids is 1. The normalized spacial score (nSPS) is 17.3. The first-order valence-corrected chi connectivity index (χ1v) is 9.16. The highest BCUT2D eigenvalue weighted by Crippen LogP contribution is 2.17. The number of amides is 1. The smallest absolute Gasteiger partial charge is 0.306 e. The lowest BCUT2D eigenvalue weighted by atomic mass is 10.1. The Morgan fingerprint density at radius 3 is 2.85 bits per heavy atom. The summed E-state index contributed by atoms with van der Waals surface area (Å²) in [6.07, 6.45) is 0.203. The number of morpholine rings is 1. The number of ether oxygens (including phenoxy) is 1. The largest absolute Gasteiger partial charge is 0.481 e. The molecule has 1 aromatic carbocycles. The van der Waals surface area contributed by atoms with E-state index in [0.717, 1.165) is 10.6 Å². The summed E-state index contributed by atoms with van der Waals surface area (Å²) in [6.45, 7) is 1.09. The van der Waals surface area contributed by atoms with Crippen LogP contribution in [0.25, 0.3) is 0 Å². The van der Waals surface area contributed by atoms with E-state index >= 15 is 0 Å². The number of carboxylic acids is 1. The molecule has 0 radical (unpaired) electrons.